The lowest BCUT2D eigenvalue weighted by Gasteiger charge is -2.00. The van der Waals surface area contributed by atoms with Crippen LogP contribution in [0.15, 0.2) is 146 Å². The van der Waals surface area contributed by atoms with Crippen molar-refractivity contribution in [2.45, 2.75) is 12.8 Å². The zero-order chi connectivity index (χ0) is 24.2. The van der Waals surface area contributed by atoms with Crippen molar-refractivity contribution >= 4 is 43.1 Å². The Labute approximate surface area is 212 Å². The Hall–Kier alpha value is -4.42. The first-order valence-corrected chi connectivity index (χ1v) is 12.7. The molecule has 0 unspecified atom stereocenters. The van der Waals surface area contributed by atoms with Gasteiger partial charge in [-0.2, -0.15) is 0 Å². The van der Waals surface area contributed by atoms with Gasteiger partial charge in [0.15, 0.2) is 0 Å². The molecule has 7 aromatic carbocycles. The molecule has 0 atom stereocenters. The Morgan fingerprint density at radius 1 is 0.278 bits per heavy atom. The molecule has 0 N–H and O–H groups in total. The fraction of sp³-hybridized carbons (Fsp3) is 0.0556. The number of hydrogen-bond donors (Lipinski definition) is 0. The summed E-state index contributed by atoms with van der Waals surface area (Å²) in [5.41, 5.74) is 3.06. The molecule has 0 spiro atoms. The lowest BCUT2D eigenvalue weighted by molar-refractivity contribution is 1.02. The highest BCUT2D eigenvalue weighted by Gasteiger charge is 2.12. The van der Waals surface area contributed by atoms with Crippen molar-refractivity contribution in [1.82, 2.24) is 0 Å². The Morgan fingerprint density at radius 3 is 0.944 bits per heavy atom. The third-order valence-electron chi connectivity index (χ3n) is 7.01. The minimum atomic E-state index is 1.23. The lowest BCUT2D eigenvalue weighted by atomic mass is 10.0. The van der Waals surface area contributed by atoms with Crippen LogP contribution in [0.4, 0.5) is 0 Å². The van der Waals surface area contributed by atoms with E-state index in [1.54, 1.807) is 0 Å². The Balaban J connectivity index is 0.000000102. The number of fused-ring (bicyclic) bond motifs is 3. The van der Waals surface area contributed by atoms with E-state index < -0.39 is 0 Å². The first-order valence-electron chi connectivity index (χ1n) is 12.7. The van der Waals surface area contributed by atoms with Crippen LogP contribution in [0.25, 0.3) is 43.1 Å². The van der Waals surface area contributed by atoms with E-state index in [2.05, 4.69) is 146 Å². The highest BCUT2D eigenvalue weighted by Crippen LogP contribution is 2.30. The van der Waals surface area contributed by atoms with Gasteiger partial charge in [-0.3, -0.25) is 0 Å². The maximum Gasteiger partial charge on any atom is -0.0120 e. The quantitative estimate of drug-likeness (QED) is 0.198. The summed E-state index contributed by atoms with van der Waals surface area (Å²) < 4.78 is 0. The van der Waals surface area contributed by atoms with Gasteiger partial charge >= 0.3 is 0 Å². The minimum Gasteiger partial charge on any atom is -0.0616 e. The van der Waals surface area contributed by atoms with Gasteiger partial charge < -0.3 is 0 Å². The van der Waals surface area contributed by atoms with Gasteiger partial charge in [0, 0.05) is 0 Å². The lowest BCUT2D eigenvalue weighted by Crippen LogP contribution is -1.76. The van der Waals surface area contributed by atoms with Crippen LogP contribution in [0.3, 0.4) is 0 Å². The second-order valence-electron chi connectivity index (χ2n) is 9.33. The normalized spacial score (nSPS) is 11.7. The van der Waals surface area contributed by atoms with Crippen LogP contribution in [0.5, 0.6) is 0 Å². The molecule has 172 valence electrons. The van der Waals surface area contributed by atoms with Gasteiger partial charge in [-0.25, -0.2) is 0 Å². The van der Waals surface area contributed by atoms with Gasteiger partial charge in [0.05, 0.1) is 0 Å². The van der Waals surface area contributed by atoms with E-state index in [0.717, 1.165) is 0 Å². The molecule has 7 aromatic rings. The summed E-state index contributed by atoms with van der Waals surface area (Å²) in [4.78, 5) is 0. The molecule has 36 heavy (non-hydrogen) atoms. The Kier molecular flexibility index (Phi) is 6.17. The second-order valence-corrected chi connectivity index (χ2v) is 9.33. The van der Waals surface area contributed by atoms with Gasteiger partial charge in [0.25, 0.3) is 0 Å². The van der Waals surface area contributed by atoms with Crippen molar-refractivity contribution in [3.8, 4) is 0 Å². The molecule has 0 heteroatoms. The van der Waals surface area contributed by atoms with Crippen molar-refractivity contribution in [2.24, 2.45) is 0 Å². The van der Waals surface area contributed by atoms with Crippen LogP contribution in [-0.4, -0.2) is 0 Å². The molecule has 0 nitrogen and oxygen atoms in total. The number of benzene rings is 7. The Bertz CT molecular complexity index is 1580. The molecule has 0 fully saturated rings. The zero-order valence-corrected chi connectivity index (χ0v) is 20.3. The summed E-state index contributed by atoms with van der Waals surface area (Å²) >= 11 is 0. The van der Waals surface area contributed by atoms with Gasteiger partial charge in [-0.15, -0.1) is 0 Å². The summed E-state index contributed by atoms with van der Waals surface area (Å²) in [6.07, 6.45) is 2.47. The standard InChI is InChI=1S/C14H10.C12H10.C10H8/c1-2-6-12-10-14-8-4-3-7-13(14)9-11(12)5-1;1-3-9-4-2-6-11-8-7-10(5-1)12(9)11;1-2-6-10-8-4-3-7-9(10)5-1/h1-10H;1-6H,7-8H2;1-8H. The van der Waals surface area contributed by atoms with Crippen molar-refractivity contribution in [3.63, 3.8) is 0 Å². The van der Waals surface area contributed by atoms with Crippen LogP contribution >= 0.6 is 0 Å². The maximum absolute atomic E-state index is 2.25. The smallest absolute Gasteiger partial charge is 0.0120 e. The molecule has 0 aliphatic heterocycles. The summed E-state index contributed by atoms with van der Waals surface area (Å²) in [5.74, 6) is 0. The maximum atomic E-state index is 2.25. The summed E-state index contributed by atoms with van der Waals surface area (Å²) in [7, 11) is 0. The second kappa shape index (κ2) is 10.1. The van der Waals surface area contributed by atoms with Crippen molar-refractivity contribution < 1.29 is 0 Å². The largest absolute Gasteiger partial charge is 0.0616 e. The summed E-state index contributed by atoms with van der Waals surface area (Å²) in [6.45, 7) is 0. The van der Waals surface area contributed by atoms with Crippen molar-refractivity contribution in [3.05, 3.63) is 157 Å². The van der Waals surface area contributed by atoms with Crippen molar-refractivity contribution in [1.29, 1.82) is 0 Å². The molecule has 8 rings (SSSR count). The third kappa shape index (κ3) is 4.59. The van der Waals surface area contributed by atoms with Gasteiger partial charge in [0.2, 0.25) is 0 Å². The molecule has 0 saturated carbocycles. The molecular formula is C36H28. The van der Waals surface area contributed by atoms with Crippen LogP contribution in [-0.2, 0) is 12.8 Å². The van der Waals surface area contributed by atoms with Crippen molar-refractivity contribution in [2.75, 3.05) is 0 Å². The predicted octanol–water partition coefficient (Wildman–Crippen LogP) is 9.77. The van der Waals surface area contributed by atoms with E-state index in [-0.39, 0.29) is 0 Å². The molecule has 0 saturated heterocycles. The number of aryl methyl sites for hydroxylation is 2. The molecule has 1 aliphatic carbocycles. The fourth-order valence-electron chi connectivity index (χ4n) is 5.20. The fourth-order valence-corrected chi connectivity index (χ4v) is 5.20. The van der Waals surface area contributed by atoms with Crippen LogP contribution in [0.2, 0.25) is 0 Å². The molecule has 1 aliphatic rings. The molecule has 0 radical (unpaired) electrons. The zero-order valence-electron chi connectivity index (χ0n) is 20.3. The average molecular weight is 461 g/mol. The van der Waals surface area contributed by atoms with Crippen LogP contribution in [0, 0.1) is 0 Å². The molecule has 0 amide bonds. The van der Waals surface area contributed by atoms with E-state index in [1.807, 2.05) is 0 Å². The first kappa shape index (κ1) is 22.1. The third-order valence-corrected chi connectivity index (χ3v) is 7.01. The van der Waals surface area contributed by atoms with E-state index in [4.69, 9.17) is 0 Å². The van der Waals surface area contributed by atoms with Gasteiger partial charge in [-0.1, -0.05) is 133 Å². The molecule has 0 bridgehead atoms. The minimum absolute atomic E-state index is 1.23. The first-order chi connectivity index (χ1) is 17.8. The number of rotatable bonds is 0. The highest BCUT2D eigenvalue weighted by molar-refractivity contribution is 5.98. The van der Waals surface area contributed by atoms with Gasteiger partial charge in [-0.05, 0) is 79.2 Å². The van der Waals surface area contributed by atoms with Crippen LogP contribution < -0.4 is 0 Å². The summed E-state index contributed by atoms with van der Waals surface area (Å²) in [6, 6.07) is 51.4. The van der Waals surface area contributed by atoms with E-state index in [1.165, 1.54) is 67.1 Å². The van der Waals surface area contributed by atoms with Crippen LogP contribution in [0.1, 0.15) is 11.1 Å². The molecule has 0 aromatic heterocycles. The molecular weight excluding hydrogens is 432 g/mol. The molecule has 0 heterocycles. The SMILES string of the molecule is c1cc2c3c(cccc3c1)CC2.c1ccc2cc3ccccc3cc2c1.c1ccc2ccccc2c1. The summed E-state index contributed by atoms with van der Waals surface area (Å²) in [5, 5.41) is 10.8. The van der Waals surface area contributed by atoms with Gasteiger partial charge in [0.1, 0.15) is 0 Å². The van der Waals surface area contributed by atoms with E-state index in [9.17, 15) is 0 Å². The van der Waals surface area contributed by atoms with E-state index >= 15 is 0 Å². The highest BCUT2D eigenvalue weighted by atomic mass is 14.2. The average Bonchev–Trinajstić information content (AvgIpc) is 3.38. The topological polar surface area (TPSA) is 0 Å². The predicted molar refractivity (Wildman–Crippen MR) is 157 cm³/mol. The Morgan fingerprint density at radius 2 is 0.583 bits per heavy atom. The monoisotopic (exact) mass is 460 g/mol. The number of hydrogen-bond acceptors (Lipinski definition) is 0. The van der Waals surface area contributed by atoms with E-state index in [0.29, 0.717) is 0 Å².